The zero-order valence-electron chi connectivity index (χ0n) is 16.7. The Bertz CT molecular complexity index is 863. The molecular formula is C24H29OPSi. The first kappa shape index (κ1) is 19.9. The predicted molar refractivity (Wildman–Crippen MR) is 122 cm³/mol. The monoisotopic (exact) mass is 392 g/mol. The van der Waals surface area contributed by atoms with Crippen molar-refractivity contribution in [1.29, 1.82) is 0 Å². The van der Waals surface area contributed by atoms with Crippen molar-refractivity contribution in [3.8, 4) is 0 Å². The van der Waals surface area contributed by atoms with Crippen LogP contribution in [0.1, 0.15) is 13.8 Å². The smallest absolute Gasteiger partial charge is 0.145 e. The fraction of sp³-hybridized carbons (Fsp3) is 0.250. The van der Waals surface area contributed by atoms with Crippen LogP contribution in [0.4, 0.5) is 0 Å². The van der Waals surface area contributed by atoms with Crippen LogP contribution in [0.5, 0.6) is 0 Å². The molecule has 0 unspecified atom stereocenters. The van der Waals surface area contributed by atoms with Gasteiger partial charge >= 0.3 is 0 Å². The van der Waals surface area contributed by atoms with Gasteiger partial charge in [0.05, 0.1) is 8.07 Å². The zero-order chi connectivity index (χ0) is 19.5. The highest BCUT2D eigenvalue weighted by molar-refractivity contribution is 7.79. The zero-order valence-corrected chi connectivity index (χ0v) is 18.6. The summed E-state index contributed by atoms with van der Waals surface area (Å²) in [5.41, 5.74) is 0.440. The quantitative estimate of drug-likeness (QED) is 0.406. The molecule has 0 aliphatic rings. The number of hydrogen-bond donors (Lipinski definition) is 0. The van der Waals surface area contributed by atoms with E-state index in [9.17, 15) is 4.57 Å². The van der Waals surface area contributed by atoms with Gasteiger partial charge in [0.15, 0.2) is 0 Å². The van der Waals surface area contributed by atoms with Crippen molar-refractivity contribution in [2.75, 3.05) is 0 Å². The molecule has 0 fully saturated rings. The third-order valence-corrected chi connectivity index (χ3v) is 14.8. The molecule has 0 radical (unpaired) electrons. The molecule has 0 spiro atoms. The summed E-state index contributed by atoms with van der Waals surface area (Å²) in [4.78, 5) is 0. The summed E-state index contributed by atoms with van der Waals surface area (Å²) in [6.07, 6.45) is 0. The molecule has 0 aliphatic heterocycles. The van der Waals surface area contributed by atoms with E-state index in [1.54, 1.807) is 0 Å². The molecule has 27 heavy (non-hydrogen) atoms. The lowest BCUT2D eigenvalue weighted by Crippen LogP contribution is -2.49. The van der Waals surface area contributed by atoms with Crippen molar-refractivity contribution in [3.63, 3.8) is 0 Å². The summed E-state index contributed by atoms with van der Waals surface area (Å²) in [6, 6.07) is 30.9. The van der Waals surface area contributed by atoms with Gasteiger partial charge in [-0.05, 0) is 5.54 Å². The van der Waals surface area contributed by atoms with Crippen molar-refractivity contribution in [2.24, 2.45) is 0 Å². The molecule has 3 heteroatoms. The van der Waals surface area contributed by atoms with Gasteiger partial charge in [-0.3, -0.25) is 0 Å². The summed E-state index contributed by atoms with van der Waals surface area (Å²) < 4.78 is 14.7. The van der Waals surface area contributed by atoms with Crippen LogP contribution >= 0.6 is 7.14 Å². The minimum Gasteiger partial charge on any atom is -0.313 e. The van der Waals surface area contributed by atoms with E-state index in [4.69, 9.17) is 0 Å². The van der Waals surface area contributed by atoms with Crippen LogP contribution in [-0.2, 0) is 4.57 Å². The van der Waals surface area contributed by atoms with Crippen molar-refractivity contribution < 1.29 is 4.57 Å². The van der Waals surface area contributed by atoms with Crippen LogP contribution in [0.15, 0.2) is 91.0 Å². The predicted octanol–water partition coefficient (Wildman–Crippen LogP) is 5.39. The van der Waals surface area contributed by atoms with Gasteiger partial charge in [-0.25, -0.2) is 0 Å². The van der Waals surface area contributed by atoms with Crippen LogP contribution in [0.3, 0.4) is 0 Å². The van der Waals surface area contributed by atoms with Gasteiger partial charge in [0, 0.05) is 16.3 Å². The maximum absolute atomic E-state index is 14.7. The van der Waals surface area contributed by atoms with Gasteiger partial charge in [-0.15, -0.1) is 0 Å². The third-order valence-electron chi connectivity index (χ3n) is 6.23. The average molecular weight is 393 g/mol. The van der Waals surface area contributed by atoms with E-state index in [0.29, 0.717) is 5.54 Å². The van der Waals surface area contributed by atoms with Gasteiger partial charge in [-0.1, -0.05) is 123 Å². The topological polar surface area (TPSA) is 17.1 Å². The maximum Gasteiger partial charge on any atom is 0.145 e. The summed E-state index contributed by atoms with van der Waals surface area (Å²) in [5.74, 6) is 0. The minimum absolute atomic E-state index is 0.0733. The Morgan fingerprint density at radius 1 is 0.667 bits per heavy atom. The molecule has 0 bridgehead atoms. The van der Waals surface area contributed by atoms with Crippen molar-refractivity contribution in [1.82, 2.24) is 0 Å². The van der Waals surface area contributed by atoms with Crippen LogP contribution in [0.25, 0.3) is 0 Å². The second kappa shape index (κ2) is 8.00. The molecule has 3 aromatic carbocycles. The molecule has 0 N–H and O–H groups in total. The van der Waals surface area contributed by atoms with Crippen LogP contribution in [0, 0.1) is 0 Å². The van der Waals surface area contributed by atoms with E-state index < -0.39 is 15.2 Å². The molecule has 140 valence electrons. The van der Waals surface area contributed by atoms with Gasteiger partial charge in [-0.2, -0.15) is 0 Å². The molecule has 0 aliphatic carbocycles. The van der Waals surface area contributed by atoms with Crippen molar-refractivity contribution in [2.45, 2.75) is 38.1 Å². The van der Waals surface area contributed by atoms with Crippen LogP contribution in [-0.4, -0.2) is 13.7 Å². The lowest BCUT2D eigenvalue weighted by Gasteiger charge is -2.38. The lowest BCUT2D eigenvalue weighted by molar-refractivity contribution is 0.577. The van der Waals surface area contributed by atoms with Crippen molar-refractivity contribution >= 4 is 31.0 Å². The SMILES string of the molecule is C[C@@H]([C@H](C)P(=O)(c1ccccc1)c1ccccc1)[Si](C)(C)c1ccccc1. The lowest BCUT2D eigenvalue weighted by atomic mass is 10.3. The first-order valence-electron chi connectivity index (χ1n) is 9.65. The Morgan fingerprint density at radius 2 is 1.04 bits per heavy atom. The molecule has 0 saturated carbocycles. The fourth-order valence-corrected chi connectivity index (χ4v) is 11.6. The Labute approximate surface area is 164 Å². The standard InChI is InChI=1S/C24H29OPSi/c1-20(21(2)27(3,4)24-18-12-7-13-19-24)26(25,22-14-8-5-9-15-22)23-16-10-6-11-17-23/h5-21H,1-4H3/t20-,21-/m0/s1. The average Bonchev–Trinajstić information content (AvgIpc) is 2.74. The Morgan fingerprint density at radius 3 is 1.44 bits per heavy atom. The molecule has 1 nitrogen and oxygen atoms in total. The molecule has 0 heterocycles. The highest BCUT2D eigenvalue weighted by Crippen LogP contribution is 2.54. The number of benzene rings is 3. The van der Waals surface area contributed by atoms with E-state index in [0.717, 1.165) is 10.6 Å². The van der Waals surface area contributed by atoms with Crippen LogP contribution in [0.2, 0.25) is 18.6 Å². The maximum atomic E-state index is 14.7. The molecular weight excluding hydrogens is 363 g/mol. The Hall–Kier alpha value is -1.89. The molecule has 0 aromatic heterocycles. The first-order valence-corrected chi connectivity index (χ1v) is 14.5. The highest BCUT2D eigenvalue weighted by atomic mass is 31.2. The molecule has 3 aromatic rings. The Kier molecular flexibility index (Phi) is 5.88. The van der Waals surface area contributed by atoms with Gasteiger partial charge < -0.3 is 4.57 Å². The third kappa shape index (κ3) is 3.74. The number of rotatable bonds is 6. The molecule has 3 rings (SSSR count). The van der Waals surface area contributed by atoms with Gasteiger partial charge in [0.1, 0.15) is 7.14 Å². The minimum atomic E-state index is -2.75. The normalized spacial score (nSPS) is 14.5. The van der Waals surface area contributed by atoms with Crippen molar-refractivity contribution in [3.05, 3.63) is 91.0 Å². The fourth-order valence-electron chi connectivity index (χ4n) is 3.97. The summed E-state index contributed by atoms with van der Waals surface area (Å²) >= 11 is 0. The van der Waals surface area contributed by atoms with E-state index in [1.807, 2.05) is 60.7 Å². The largest absolute Gasteiger partial charge is 0.313 e. The summed E-state index contributed by atoms with van der Waals surface area (Å²) in [5, 5.41) is 3.36. The molecule has 0 amide bonds. The summed E-state index contributed by atoms with van der Waals surface area (Å²) in [6.45, 7) is 9.32. The summed E-state index contributed by atoms with van der Waals surface area (Å²) in [7, 11) is -4.55. The highest BCUT2D eigenvalue weighted by Gasteiger charge is 2.43. The second-order valence-electron chi connectivity index (χ2n) is 7.95. The van der Waals surface area contributed by atoms with E-state index in [2.05, 4.69) is 57.3 Å². The first-order chi connectivity index (χ1) is 12.9. The second-order valence-corrected chi connectivity index (χ2v) is 16.0. The van der Waals surface area contributed by atoms with E-state index in [1.165, 1.54) is 5.19 Å². The van der Waals surface area contributed by atoms with E-state index in [-0.39, 0.29) is 5.66 Å². The number of hydrogen-bond acceptors (Lipinski definition) is 1. The Balaban J connectivity index is 2.09. The van der Waals surface area contributed by atoms with E-state index >= 15 is 0 Å². The molecule has 2 atom stereocenters. The van der Waals surface area contributed by atoms with Crippen LogP contribution < -0.4 is 15.8 Å². The van der Waals surface area contributed by atoms with Gasteiger partial charge in [0.25, 0.3) is 0 Å². The van der Waals surface area contributed by atoms with Gasteiger partial charge in [0.2, 0.25) is 0 Å². The molecule has 0 saturated heterocycles.